The number of ether oxygens (including phenoxy) is 1. The molecule has 188 valence electrons. The van der Waals surface area contributed by atoms with E-state index in [1.165, 1.54) is 58.4 Å². The van der Waals surface area contributed by atoms with E-state index in [0.29, 0.717) is 23.9 Å². The van der Waals surface area contributed by atoms with Gasteiger partial charge in [-0.15, -0.1) is 0 Å². The zero-order chi connectivity index (χ0) is 24.0. The Bertz CT molecular complexity index is 1000. The normalized spacial score (nSPS) is 27.6. The van der Waals surface area contributed by atoms with E-state index in [1.807, 2.05) is 18.2 Å². The number of amides is 3. The van der Waals surface area contributed by atoms with Crippen LogP contribution in [0.5, 0.6) is 5.75 Å². The van der Waals surface area contributed by atoms with Gasteiger partial charge in [-0.25, -0.2) is 0 Å². The Morgan fingerprint density at radius 2 is 1.80 bits per heavy atom. The molecule has 0 aromatic heterocycles. The first kappa shape index (κ1) is 23.0. The van der Waals surface area contributed by atoms with Gasteiger partial charge in [-0.3, -0.25) is 19.7 Å². The Morgan fingerprint density at radius 3 is 2.54 bits per heavy atom. The summed E-state index contributed by atoms with van der Waals surface area (Å²) in [5.74, 6) is 0.810. The fourth-order valence-corrected chi connectivity index (χ4v) is 6.84. The molecule has 1 spiro atoms. The van der Waals surface area contributed by atoms with Crippen LogP contribution in [-0.4, -0.2) is 72.4 Å². The summed E-state index contributed by atoms with van der Waals surface area (Å²) in [7, 11) is 0. The molecule has 8 nitrogen and oxygen atoms in total. The lowest BCUT2D eigenvalue weighted by atomic mass is 9.61. The monoisotopic (exact) mass is 480 g/mol. The van der Waals surface area contributed by atoms with Crippen LogP contribution in [0.1, 0.15) is 67.3 Å². The second-order valence-electron chi connectivity index (χ2n) is 11.4. The summed E-state index contributed by atoms with van der Waals surface area (Å²) in [6, 6.07) is 5.16. The minimum absolute atomic E-state index is 0.147. The largest absolute Gasteiger partial charge is 0.490 e. The van der Waals surface area contributed by atoms with Crippen LogP contribution < -0.4 is 15.4 Å². The van der Waals surface area contributed by atoms with Crippen LogP contribution in [-0.2, 0) is 16.1 Å². The molecule has 8 heteroatoms. The highest BCUT2D eigenvalue weighted by molar-refractivity contribution is 6.05. The maximum Gasteiger partial charge on any atom is 0.255 e. The molecule has 1 atom stereocenters. The zero-order valence-electron chi connectivity index (χ0n) is 20.4. The van der Waals surface area contributed by atoms with Gasteiger partial charge in [0.2, 0.25) is 11.8 Å². The lowest BCUT2D eigenvalue weighted by Crippen LogP contribution is -2.52. The molecular formula is C27H36N4O4. The first-order chi connectivity index (χ1) is 17.0. The van der Waals surface area contributed by atoms with Crippen molar-refractivity contribution >= 4 is 17.7 Å². The standard InChI is InChI=1S/C27H36N4O4/c32-24-4-3-23(25(33)29-24)31-17-19-1-2-20(13-22(19)26(31)34)35-21-14-27(15-21)7-11-30(12-8-27)16-18-5-9-28-10-6-18/h1-2,13,18,21,23,28H,3-12,14-17H2,(H,29,32,33). The highest BCUT2D eigenvalue weighted by atomic mass is 16.5. The molecule has 1 unspecified atom stereocenters. The number of hydrogen-bond acceptors (Lipinski definition) is 6. The van der Waals surface area contributed by atoms with Crippen molar-refractivity contribution in [3.63, 3.8) is 0 Å². The van der Waals surface area contributed by atoms with E-state index < -0.39 is 6.04 Å². The second-order valence-corrected chi connectivity index (χ2v) is 11.4. The number of carbonyl (C=O) groups excluding carboxylic acids is 3. The molecule has 6 rings (SSSR count). The average molecular weight is 481 g/mol. The van der Waals surface area contributed by atoms with Gasteiger partial charge < -0.3 is 19.9 Å². The molecule has 1 aromatic rings. The van der Waals surface area contributed by atoms with E-state index in [9.17, 15) is 14.4 Å². The first-order valence-corrected chi connectivity index (χ1v) is 13.4. The molecule has 3 saturated heterocycles. The lowest BCUT2D eigenvalue weighted by Gasteiger charge is -2.52. The Hall–Kier alpha value is -2.45. The Balaban J connectivity index is 1.00. The van der Waals surface area contributed by atoms with Crippen molar-refractivity contribution in [1.82, 2.24) is 20.4 Å². The van der Waals surface area contributed by atoms with Gasteiger partial charge >= 0.3 is 0 Å². The zero-order valence-corrected chi connectivity index (χ0v) is 20.4. The molecule has 0 bridgehead atoms. The maximum absolute atomic E-state index is 13.1. The molecule has 1 saturated carbocycles. The van der Waals surface area contributed by atoms with Crippen molar-refractivity contribution in [3.05, 3.63) is 29.3 Å². The van der Waals surface area contributed by atoms with Crippen LogP contribution in [0.15, 0.2) is 18.2 Å². The van der Waals surface area contributed by atoms with Gasteiger partial charge in [0.1, 0.15) is 11.8 Å². The van der Waals surface area contributed by atoms with Gasteiger partial charge in [0.25, 0.3) is 5.91 Å². The number of nitrogens with one attached hydrogen (secondary N) is 2. The van der Waals surface area contributed by atoms with Crippen molar-refractivity contribution in [2.24, 2.45) is 11.3 Å². The summed E-state index contributed by atoms with van der Waals surface area (Å²) >= 11 is 0. The summed E-state index contributed by atoms with van der Waals surface area (Å²) in [5, 5.41) is 5.82. The number of benzene rings is 1. The van der Waals surface area contributed by atoms with Crippen molar-refractivity contribution in [2.45, 2.75) is 70.1 Å². The highest BCUT2D eigenvalue weighted by Crippen LogP contribution is 2.50. The van der Waals surface area contributed by atoms with Crippen LogP contribution in [0.3, 0.4) is 0 Å². The number of likely N-dealkylation sites (tertiary alicyclic amines) is 1. The molecule has 2 N–H and O–H groups in total. The fourth-order valence-electron chi connectivity index (χ4n) is 6.84. The first-order valence-electron chi connectivity index (χ1n) is 13.4. The Kier molecular flexibility index (Phi) is 6.05. The fraction of sp³-hybridized carbons (Fsp3) is 0.667. The van der Waals surface area contributed by atoms with Crippen molar-refractivity contribution in [2.75, 3.05) is 32.7 Å². The Labute approximate surface area is 206 Å². The molecule has 3 amide bonds. The van der Waals surface area contributed by atoms with Gasteiger partial charge in [-0.05, 0) is 100 Å². The third kappa shape index (κ3) is 4.58. The quantitative estimate of drug-likeness (QED) is 0.627. The van der Waals surface area contributed by atoms with Crippen LogP contribution in [0, 0.1) is 11.3 Å². The topological polar surface area (TPSA) is 91.0 Å². The summed E-state index contributed by atoms with van der Waals surface area (Å²) in [6.07, 6.45) is 8.22. The number of hydrogen-bond donors (Lipinski definition) is 2. The summed E-state index contributed by atoms with van der Waals surface area (Å²) in [4.78, 5) is 41.0. The molecule has 4 heterocycles. The highest BCUT2D eigenvalue weighted by Gasteiger charge is 2.47. The van der Waals surface area contributed by atoms with Gasteiger partial charge in [0.05, 0.1) is 6.10 Å². The second kappa shape index (κ2) is 9.21. The number of imide groups is 1. The van der Waals surface area contributed by atoms with E-state index in [1.54, 1.807) is 4.90 Å². The van der Waals surface area contributed by atoms with Crippen molar-refractivity contribution in [3.8, 4) is 5.75 Å². The summed E-state index contributed by atoms with van der Waals surface area (Å²) in [6.45, 7) is 6.42. The van der Waals surface area contributed by atoms with E-state index in [2.05, 4.69) is 15.5 Å². The van der Waals surface area contributed by atoms with E-state index in [4.69, 9.17) is 4.74 Å². The molecule has 35 heavy (non-hydrogen) atoms. The number of carbonyl (C=O) groups is 3. The summed E-state index contributed by atoms with van der Waals surface area (Å²) in [5.41, 5.74) is 1.97. The van der Waals surface area contributed by atoms with E-state index in [-0.39, 0.29) is 30.2 Å². The molecule has 4 aliphatic heterocycles. The van der Waals surface area contributed by atoms with Crippen LogP contribution >= 0.6 is 0 Å². The molecule has 1 aromatic carbocycles. The van der Waals surface area contributed by atoms with Crippen LogP contribution in [0.2, 0.25) is 0 Å². The van der Waals surface area contributed by atoms with Crippen LogP contribution in [0.25, 0.3) is 0 Å². The van der Waals surface area contributed by atoms with E-state index >= 15 is 0 Å². The molecular weight excluding hydrogens is 444 g/mol. The van der Waals surface area contributed by atoms with Gasteiger partial charge in [-0.1, -0.05) is 6.07 Å². The molecule has 4 fully saturated rings. The van der Waals surface area contributed by atoms with Crippen molar-refractivity contribution < 1.29 is 19.1 Å². The third-order valence-electron chi connectivity index (χ3n) is 9.02. The minimum Gasteiger partial charge on any atom is -0.490 e. The average Bonchev–Trinajstić information content (AvgIpc) is 3.16. The lowest BCUT2D eigenvalue weighted by molar-refractivity contribution is -0.136. The number of rotatable bonds is 5. The number of piperidine rings is 3. The third-order valence-corrected chi connectivity index (χ3v) is 9.02. The number of nitrogens with zero attached hydrogens (tertiary/aromatic N) is 2. The summed E-state index contributed by atoms with van der Waals surface area (Å²) < 4.78 is 6.30. The van der Waals surface area contributed by atoms with Gasteiger partial charge in [-0.2, -0.15) is 0 Å². The SMILES string of the molecule is O=C1CCC(N2Cc3ccc(OC4CC5(CCN(CC6CCNCC6)CC5)C4)cc3C2=O)C(=O)N1. The molecule has 1 aliphatic carbocycles. The van der Waals surface area contributed by atoms with Crippen LogP contribution in [0.4, 0.5) is 0 Å². The van der Waals surface area contributed by atoms with Gasteiger partial charge in [0, 0.05) is 25.1 Å². The predicted molar refractivity (Wildman–Crippen MR) is 130 cm³/mol. The smallest absolute Gasteiger partial charge is 0.255 e. The maximum atomic E-state index is 13.1. The molecule has 5 aliphatic rings. The van der Waals surface area contributed by atoms with E-state index in [0.717, 1.165) is 30.1 Å². The van der Waals surface area contributed by atoms with Crippen molar-refractivity contribution in [1.29, 1.82) is 0 Å². The predicted octanol–water partition coefficient (Wildman–Crippen LogP) is 2.07. The number of fused-ring (bicyclic) bond motifs is 1. The van der Waals surface area contributed by atoms with Gasteiger partial charge in [0.15, 0.2) is 0 Å². The Morgan fingerprint density at radius 1 is 1.03 bits per heavy atom. The molecule has 0 radical (unpaired) electrons. The minimum atomic E-state index is -0.580.